The molecule has 0 aromatic carbocycles. The van der Waals surface area contributed by atoms with Gasteiger partial charge in [-0.05, 0) is 19.8 Å². The predicted molar refractivity (Wildman–Crippen MR) is 79.0 cm³/mol. The number of hydrogen-bond acceptors (Lipinski definition) is 6. The van der Waals surface area contributed by atoms with Crippen LogP contribution < -0.4 is 21.3 Å². The molecule has 1 saturated heterocycles. The fraction of sp³-hybridized carbons (Fsp3) is 0.583. The molecule has 7 nitrogen and oxygen atoms in total. The second kappa shape index (κ2) is 6.56. The van der Waals surface area contributed by atoms with E-state index >= 15 is 0 Å². The van der Waals surface area contributed by atoms with Crippen molar-refractivity contribution in [2.24, 2.45) is 0 Å². The van der Waals surface area contributed by atoms with Gasteiger partial charge in [0.25, 0.3) is 5.91 Å². The monoisotopic (exact) mass is 297 g/mol. The minimum absolute atomic E-state index is 0.0525. The number of anilines is 2. The highest BCUT2D eigenvalue weighted by Crippen LogP contribution is 2.30. The molecule has 0 radical (unpaired) electrons. The summed E-state index contributed by atoms with van der Waals surface area (Å²) in [7, 11) is 0. The maximum Gasteiger partial charge on any atom is 0.265 e. The Morgan fingerprint density at radius 3 is 2.70 bits per heavy atom. The van der Waals surface area contributed by atoms with Gasteiger partial charge in [-0.3, -0.25) is 9.59 Å². The van der Waals surface area contributed by atoms with Crippen molar-refractivity contribution in [2.75, 3.05) is 36.8 Å². The fourth-order valence-electron chi connectivity index (χ4n) is 2.03. The van der Waals surface area contributed by atoms with Gasteiger partial charge >= 0.3 is 0 Å². The van der Waals surface area contributed by atoms with Gasteiger partial charge in [0.2, 0.25) is 5.91 Å². The smallest absolute Gasteiger partial charge is 0.265 e. The molecule has 8 heteroatoms. The number of aromatic nitrogens is 1. The lowest BCUT2D eigenvalue weighted by atomic mass is 10.4. The standard InChI is InChI=1S/C12H19N5O2S/c1-2-14-8(18)7-15-11(19)9-10(13)16-12(20-9)17-5-3-4-6-17/h2-7,13H2,1H3,(H,14,18)(H,15,19). The number of rotatable bonds is 5. The summed E-state index contributed by atoms with van der Waals surface area (Å²) < 4.78 is 0. The Hall–Kier alpha value is -1.83. The molecule has 0 bridgehead atoms. The van der Waals surface area contributed by atoms with Crippen molar-refractivity contribution in [1.82, 2.24) is 15.6 Å². The van der Waals surface area contributed by atoms with Gasteiger partial charge in [0.15, 0.2) is 5.13 Å². The van der Waals surface area contributed by atoms with E-state index in [0.29, 0.717) is 11.4 Å². The molecule has 110 valence electrons. The summed E-state index contributed by atoms with van der Waals surface area (Å²) in [6.07, 6.45) is 2.27. The van der Waals surface area contributed by atoms with Crippen LogP contribution in [0.4, 0.5) is 10.9 Å². The van der Waals surface area contributed by atoms with Crippen LogP contribution >= 0.6 is 11.3 Å². The lowest BCUT2D eigenvalue weighted by Gasteiger charge is -2.11. The van der Waals surface area contributed by atoms with Crippen molar-refractivity contribution >= 4 is 34.1 Å². The average Bonchev–Trinajstić information content (AvgIpc) is 3.05. The number of hydrogen-bond donors (Lipinski definition) is 3. The molecular formula is C12H19N5O2S. The van der Waals surface area contributed by atoms with E-state index in [1.165, 1.54) is 11.3 Å². The van der Waals surface area contributed by atoms with Gasteiger partial charge in [-0.25, -0.2) is 4.98 Å². The second-order valence-corrected chi connectivity index (χ2v) is 5.52. The van der Waals surface area contributed by atoms with Gasteiger partial charge in [-0.15, -0.1) is 0 Å². The average molecular weight is 297 g/mol. The molecule has 2 heterocycles. The molecule has 1 fully saturated rings. The van der Waals surface area contributed by atoms with Crippen molar-refractivity contribution in [1.29, 1.82) is 0 Å². The first-order valence-corrected chi connectivity index (χ1v) is 7.49. The Kier molecular flexibility index (Phi) is 4.78. The minimum atomic E-state index is -0.350. The van der Waals surface area contributed by atoms with Gasteiger partial charge in [-0.2, -0.15) is 0 Å². The molecule has 1 aromatic rings. The van der Waals surface area contributed by atoms with E-state index in [-0.39, 0.29) is 24.2 Å². The number of carbonyl (C=O) groups is 2. The van der Waals surface area contributed by atoms with Crippen LogP contribution in [0.3, 0.4) is 0 Å². The lowest BCUT2D eigenvalue weighted by molar-refractivity contribution is -0.120. The van der Waals surface area contributed by atoms with Gasteiger partial charge < -0.3 is 21.3 Å². The normalized spacial score (nSPS) is 14.3. The predicted octanol–water partition coefficient (Wildman–Crippen LogP) is 0.191. The molecule has 0 spiro atoms. The fourth-order valence-corrected chi connectivity index (χ4v) is 2.98. The first-order valence-electron chi connectivity index (χ1n) is 6.68. The van der Waals surface area contributed by atoms with Crippen LogP contribution in [0.15, 0.2) is 0 Å². The summed E-state index contributed by atoms with van der Waals surface area (Å²) in [6, 6.07) is 0. The van der Waals surface area contributed by atoms with Crippen LogP contribution in [0.5, 0.6) is 0 Å². The van der Waals surface area contributed by atoms with Gasteiger partial charge in [0.1, 0.15) is 10.7 Å². The maximum absolute atomic E-state index is 12.0. The van der Waals surface area contributed by atoms with E-state index in [1.54, 1.807) is 0 Å². The van der Waals surface area contributed by atoms with Crippen LogP contribution in [0.25, 0.3) is 0 Å². The highest BCUT2D eigenvalue weighted by Gasteiger charge is 2.21. The van der Waals surface area contributed by atoms with Crippen LogP contribution in [-0.4, -0.2) is 43.0 Å². The van der Waals surface area contributed by atoms with Crippen molar-refractivity contribution in [3.05, 3.63) is 4.88 Å². The van der Waals surface area contributed by atoms with Crippen LogP contribution in [0, 0.1) is 0 Å². The Balaban J connectivity index is 1.97. The van der Waals surface area contributed by atoms with E-state index in [4.69, 9.17) is 5.73 Å². The molecule has 0 unspecified atom stereocenters. The zero-order chi connectivity index (χ0) is 14.5. The van der Waals surface area contributed by atoms with E-state index in [1.807, 2.05) is 6.92 Å². The zero-order valence-electron chi connectivity index (χ0n) is 11.4. The third kappa shape index (κ3) is 3.38. The molecule has 20 heavy (non-hydrogen) atoms. The molecule has 0 aliphatic carbocycles. The second-order valence-electron chi connectivity index (χ2n) is 4.54. The highest BCUT2D eigenvalue weighted by molar-refractivity contribution is 7.18. The largest absolute Gasteiger partial charge is 0.382 e. The molecule has 1 aliphatic heterocycles. The molecule has 2 amide bonds. The van der Waals surface area contributed by atoms with E-state index in [2.05, 4.69) is 20.5 Å². The Bertz CT molecular complexity index is 496. The number of nitrogens with one attached hydrogen (secondary N) is 2. The Labute approximate surface area is 121 Å². The number of likely N-dealkylation sites (N-methyl/N-ethyl adjacent to an activating group) is 1. The van der Waals surface area contributed by atoms with Crippen LogP contribution in [-0.2, 0) is 4.79 Å². The molecule has 0 saturated carbocycles. The van der Waals surface area contributed by atoms with E-state index in [0.717, 1.165) is 31.1 Å². The first-order chi connectivity index (χ1) is 9.61. The molecule has 2 rings (SSSR count). The van der Waals surface area contributed by atoms with Gasteiger partial charge in [0.05, 0.1) is 6.54 Å². The number of amides is 2. The summed E-state index contributed by atoms with van der Waals surface area (Å²) in [6.45, 7) is 4.21. The SMILES string of the molecule is CCNC(=O)CNC(=O)c1sc(N2CCCC2)nc1N. The topological polar surface area (TPSA) is 100 Å². The third-order valence-corrected chi connectivity index (χ3v) is 4.14. The maximum atomic E-state index is 12.0. The quantitative estimate of drug-likeness (QED) is 0.720. The summed E-state index contributed by atoms with van der Waals surface area (Å²) in [4.78, 5) is 30.0. The van der Waals surface area contributed by atoms with Crippen molar-refractivity contribution in [2.45, 2.75) is 19.8 Å². The summed E-state index contributed by atoms with van der Waals surface area (Å²) in [5, 5.41) is 5.94. The summed E-state index contributed by atoms with van der Waals surface area (Å²) in [5.41, 5.74) is 5.79. The van der Waals surface area contributed by atoms with Crippen LogP contribution in [0.1, 0.15) is 29.4 Å². The number of thiazole rings is 1. The number of nitrogens with zero attached hydrogens (tertiary/aromatic N) is 2. The van der Waals surface area contributed by atoms with E-state index < -0.39 is 0 Å². The van der Waals surface area contributed by atoms with E-state index in [9.17, 15) is 9.59 Å². The Morgan fingerprint density at radius 2 is 2.05 bits per heavy atom. The molecule has 4 N–H and O–H groups in total. The highest BCUT2D eigenvalue weighted by atomic mass is 32.1. The van der Waals surface area contributed by atoms with Crippen molar-refractivity contribution in [3.8, 4) is 0 Å². The third-order valence-electron chi connectivity index (χ3n) is 3.01. The number of nitrogen functional groups attached to an aromatic ring is 1. The summed E-state index contributed by atoms with van der Waals surface area (Å²) in [5.74, 6) is -0.342. The number of nitrogens with two attached hydrogens (primary N) is 1. The Morgan fingerprint density at radius 1 is 1.35 bits per heavy atom. The lowest BCUT2D eigenvalue weighted by Crippen LogP contribution is -2.36. The van der Waals surface area contributed by atoms with Gasteiger partial charge in [-0.1, -0.05) is 11.3 Å². The van der Waals surface area contributed by atoms with Crippen molar-refractivity contribution in [3.63, 3.8) is 0 Å². The molecular weight excluding hydrogens is 278 g/mol. The first kappa shape index (κ1) is 14.6. The number of carbonyl (C=O) groups excluding carboxylic acids is 2. The van der Waals surface area contributed by atoms with Crippen molar-refractivity contribution < 1.29 is 9.59 Å². The zero-order valence-corrected chi connectivity index (χ0v) is 12.3. The molecule has 1 aliphatic rings. The molecule has 1 aromatic heterocycles. The van der Waals surface area contributed by atoms with Gasteiger partial charge in [0, 0.05) is 19.6 Å². The summed E-state index contributed by atoms with van der Waals surface area (Å²) >= 11 is 1.28. The molecule has 0 atom stereocenters. The minimum Gasteiger partial charge on any atom is -0.382 e. The van der Waals surface area contributed by atoms with Crippen LogP contribution in [0.2, 0.25) is 0 Å².